The van der Waals surface area contributed by atoms with Gasteiger partial charge in [-0.3, -0.25) is 4.79 Å². The smallest absolute Gasteiger partial charge is 0.320 e. The third-order valence-corrected chi connectivity index (χ3v) is 3.47. The topological polar surface area (TPSA) is 35.5 Å². The van der Waals surface area contributed by atoms with Crippen molar-refractivity contribution in [1.82, 2.24) is 0 Å². The molecule has 0 amide bonds. The molecule has 0 saturated carbocycles. The Bertz CT molecular complexity index is 378. The Morgan fingerprint density at radius 3 is 2.73 bits per heavy atom. The molecule has 15 heavy (non-hydrogen) atoms. The Morgan fingerprint density at radius 1 is 1.40 bits per heavy atom. The number of rotatable bonds is 2. The number of thioether (sulfide) groups is 1. The number of cyclic esters (lactones) is 1. The Labute approximate surface area is 92.8 Å². The Kier molecular flexibility index (Phi) is 2.86. The van der Waals surface area contributed by atoms with Crippen molar-refractivity contribution in [3.63, 3.8) is 0 Å². The molecule has 0 radical (unpaired) electrons. The standard InChI is InChI=1S/C11H12O3S/c1-7-10(12)14-11(15-7)8-5-3-4-6-9(8)13-2/h3-7,11H,1-2H3. The van der Waals surface area contributed by atoms with Crippen molar-refractivity contribution in [2.45, 2.75) is 17.6 Å². The first-order chi connectivity index (χ1) is 7.22. The molecule has 2 rings (SSSR count). The van der Waals surface area contributed by atoms with Crippen molar-refractivity contribution >= 4 is 17.7 Å². The van der Waals surface area contributed by atoms with Crippen molar-refractivity contribution in [2.75, 3.05) is 7.11 Å². The van der Waals surface area contributed by atoms with Crippen LogP contribution in [0.15, 0.2) is 24.3 Å². The van der Waals surface area contributed by atoms with Crippen molar-refractivity contribution in [3.05, 3.63) is 29.8 Å². The first-order valence-electron chi connectivity index (χ1n) is 4.71. The molecule has 1 aromatic rings. The van der Waals surface area contributed by atoms with Crippen molar-refractivity contribution < 1.29 is 14.3 Å². The summed E-state index contributed by atoms with van der Waals surface area (Å²) >= 11 is 1.50. The van der Waals surface area contributed by atoms with Crippen LogP contribution in [0.1, 0.15) is 17.9 Å². The lowest BCUT2D eigenvalue weighted by atomic mass is 10.2. The minimum atomic E-state index is -0.233. The van der Waals surface area contributed by atoms with Crippen LogP contribution < -0.4 is 4.74 Å². The molecule has 3 nitrogen and oxygen atoms in total. The van der Waals surface area contributed by atoms with E-state index in [1.807, 2.05) is 31.2 Å². The Morgan fingerprint density at radius 2 is 2.13 bits per heavy atom. The summed E-state index contributed by atoms with van der Waals surface area (Å²) in [4.78, 5) is 11.3. The molecule has 4 heteroatoms. The van der Waals surface area contributed by atoms with Crippen molar-refractivity contribution in [3.8, 4) is 5.75 Å². The molecule has 1 aliphatic heterocycles. The number of hydrogen-bond acceptors (Lipinski definition) is 4. The van der Waals surface area contributed by atoms with E-state index in [4.69, 9.17) is 9.47 Å². The van der Waals surface area contributed by atoms with Crippen LogP contribution >= 0.6 is 11.8 Å². The maximum Gasteiger partial charge on any atom is 0.320 e. The van der Waals surface area contributed by atoms with Crippen molar-refractivity contribution in [1.29, 1.82) is 0 Å². The summed E-state index contributed by atoms with van der Waals surface area (Å²) in [5, 5.41) is -0.0973. The first kappa shape index (κ1) is 10.4. The van der Waals surface area contributed by atoms with Gasteiger partial charge in [0.2, 0.25) is 0 Å². The highest BCUT2D eigenvalue weighted by Gasteiger charge is 2.34. The van der Waals surface area contributed by atoms with Gasteiger partial charge in [0.25, 0.3) is 0 Å². The molecule has 0 aromatic heterocycles. The maximum absolute atomic E-state index is 11.3. The molecule has 0 aliphatic carbocycles. The number of carbonyl (C=O) groups is 1. The highest BCUT2D eigenvalue weighted by molar-refractivity contribution is 8.01. The molecular weight excluding hydrogens is 212 g/mol. The van der Waals surface area contributed by atoms with E-state index in [1.165, 1.54) is 11.8 Å². The van der Waals surface area contributed by atoms with Gasteiger partial charge in [-0.05, 0) is 13.0 Å². The van der Waals surface area contributed by atoms with Gasteiger partial charge in [0.05, 0.1) is 7.11 Å². The number of hydrogen-bond donors (Lipinski definition) is 0. The summed E-state index contributed by atoms with van der Waals surface area (Å²) in [7, 11) is 1.61. The van der Waals surface area contributed by atoms with Gasteiger partial charge in [-0.2, -0.15) is 0 Å². The lowest BCUT2D eigenvalue weighted by Gasteiger charge is -2.12. The predicted octanol–water partition coefficient (Wildman–Crippen LogP) is 2.37. The number of methoxy groups -OCH3 is 1. The second kappa shape index (κ2) is 4.14. The van der Waals surface area contributed by atoms with Gasteiger partial charge < -0.3 is 9.47 Å². The number of carbonyl (C=O) groups excluding carboxylic acids is 1. The fourth-order valence-electron chi connectivity index (χ4n) is 1.47. The van der Waals surface area contributed by atoms with E-state index in [0.29, 0.717) is 0 Å². The lowest BCUT2D eigenvalue weighted by Crippen LogP contribution is -2.06. The molecule has 1 heterocycles. The highest BCUT2D eigenvalue weighted by Crippen LogP contribution is 2.43. The SMILES string of the molecule is COc1ccccc1C1OC(=O)C(C)S1. The largest absolute Gasteiger partial charge is 0.496 e. The zero-order chi connectivity index (χ0) is 10.8. The van der Waals surface area contributed by atoms with Crippen LogP contribution in [0.3, 0.4) is 0 Å². The lowest BCUT2D eigenvalue weighted by molar-refractivity contribution is -0.142. The van der Waals surface area contributed by atoms with Crippen LogP contribution in [0.4, 0.5) is 0 Å². The molecule has 80 valence electrons. The van der Waals surface area contributed by atoms with Gasteiger partial charge in [0.1, 0.15) is 11.0 Å². The van der Waals surface area contributed by atoms with E-state index >= 15 is 0 Å². The molecule has 0 N–H and O–H groups in total. The zero-order valence-corrected chi connectivity index (χ0v) is 9.41. The number of para-hydroxylation sites is 1. The summed E-state index contributed by atoms with van der Waals surface area (Å²) < 4.78 is 10.5. The summed E-state index contributed by atoms with van der Waals surface area (Å²) in [5.41, 5.74) is 0.686. The first-order valence-corrected chi connectivity index (χ1v) is 5.65. The molecule has 0 spiro atoms. The van der Waals surface area contributed by atoms with E-state index in [9.17, 15) is 4.79 Å². The molecule has 2 unspecified atom stereocenters. The average molecular weight is 224 g/mol. The normalized spacial score (nSPS) is 25.1. The monoisotopic (exact) mass is 224 g/mol. The zero-order valence-electron chi connectivity index (χ0n) is 8.60. The summed E-state index contributed by atoms with van der Waals surface area (Å²) in [6, 6.07) is 7.59. The number of benzene rings is 1. The van der Waals surface area contributed by atoms with Gasteiger partial charge >= 0.3 is 5.97 Å². The summed E-state index contributed by atoms with van der Waals surface area (Å²) in [6.45, 7) is 1.85. The minimum Gasteiger partial charge on any atom is -0.496 e. The third kappa shape index (κ3) is 1.95. The fraction of sp³-hybridized carbons (Fsp3) is 0.364. The average Bonchev–Trinajstić information content (AvgIpc) is 2.59. The summed E-state index contributed by atoms with van der Waals surface area (Å²) in [6.07, 6.45) is 0. The highest BCUT2D eigenvalue weighted by atomic mass is 32.2. The van der Waals surface area contributed by atoms with Crippen molar-refractivity contribution in [2.24, 2.45) is 0 Å². The second-order valence-corrected chi connectivity index (χ2v) is 4.70. The van der Waals surface area contributed by atoms with Gasteiger partial charge in [0.15, 0.2) is 5.44 Å². The van der Waals surface area contributed by atoms with Gasteiger partial charge in [-0.15, -0.1) is 0 Å². The molecular formula is C11H12O3S. The van der Waals surface area contributed by atoms with E-state index in [2.05, 4.69) is 0 Å². The molecule has 1 aliphatic rings. The fourth-order valence-corrected chi connectivity index (χ4v) is 2.50. The van der Waals surface area contributed by atoms with Crippen LogP contribution in [-0.4, -0.2) is 18.3 Å². The minimum absolute atomic E-state index is 0.0973. The second-order valence-electron chi connectivity index (χ2n) is 3.29. The van der Waals surface area contributed by atoms with E-state index < -0.39 is 0 Å². The molecule has 1 saturated heterocycles. The van der Waals surface area contributed by atoms with Crippen LogP contribution in [0.25, 0.3) is 0 Å². The van der Waals surface area contributed by atoms with Gasteiger partial charge in [-0.25, -0.2) is 0 Å². The number of ether oxygens (including phenoxy) is 2. The molecule has 2 atom stereocenters. The van der Waals surface area contributed by atoms with E-state index in [1.54, 1.807) is 7.11 Å². The van der Waals surface area contributed by atoms with Gasteiger partial charge in [-0.1, -0.05) is 30.0 Å². The van der Waals surface area contributed by atoms with Crippen LogP contribution in [0.5, 0.6) is 5.75 Å². The Hall–Kier alpha value is -1.16. The summed E-state index contributed by atoms with van der Waals surface area (Å²) in [5.74, 6) is 0.604. The molecule has 0 bridgehead atoms. The van der Waals surface area contributed by atoms with Gasteiger partial charge in [0, 0.05) is 5.56 Å². The molecule has 1 aromatic carbocycles. The quantitative estimate of drug-likeness (QED) is 0.722. The Balaban J connectivity index is 2.27. The van der Waals surface area contributed by atoms with Crippen LogP contribution in [0, 0.1) is 0 Å². The van der Waals surface area contributed by atoms with Crippen LogP contribution in [-0.2, 0) is 9.53 Å². The third-order valence-electron chi connectivity index (χ3n) is 2.28. The van der Waals surface area contributed by atoms with E-state index in [0.717, 1.165) is 11.3 Å². The predicted molar refractivity (Wildman–Crippen MR) is 58.9 cm³/mol. The van der Waals surface area contributed by atoms with E-state index in [-0.39, 0.29) is 16.7 Å². The molecule has 1 fully saturated rings. The maximum atomic E-state index is 11.3. The number of esters is 1. The van der Waals surface area contributed by atoms with Crippen LogP contribution in [0.2, 0.25) is 0 Å².